The third kappa shape index (κ3) is 4.56. The molecule has 2 atom stereocenters. The van der Waals surface area contributed by atoms with Crippen molar-refractivity contribution in [1.82, 2.24) is 4.98 Å². The molecule has 2 aliphatic rings. The lowest BCUT2D eigenvalue weighted by molar-refractivity contribution is -0.137. The van der Waals surface area contributed by atoms with E-state index in [0.29, 0.717) is 23.1 Å². The number of rotatable bonds is 7. The Morgan fingerprint density at radius 3 is 2.64 bits per heavy atom. The number of aryl methyl sites for hydroxylation is 1. The summed E-state index contributed by atoms with van der Waals surface area (Å²) in [7, 11) is 1.56. The molecule has 1 aliphatic carbocycles. The number of ether oxygens (including phenoxy) is 2. The highest BCUT2D eigenvalue weighted by Gasteiger charge is 2.35. The number of halogens is 1. The molecule has 1 aliphatic heterocycles. The largest absolute Gasteiger partial charge is 0.497 e. The molecule has 2 unspecified atom stereocenters. The molecular formula is C27H26FNO4. The Bertz CT molecular complexity index is 1170. The first-order chi connectivity index (χ1) is 16.0. The van der Waals surface area contributed by atoms with Crippen LogP contribution in [0.4, 0.5) is 4.39 Å². The fraction of sp³-hybridized carbons (Fsp3) is 0.333. The Labute approximate surface area is 192 Å². The predicted octanol–water partition coefficient (Wildman–Crippen LogP) is 5.93. The van der Waals surface area contributed by atoms with E-state index in [4.69, 9.17) is 14.5 Å². The lowest BCUT2D eigenvalue weighted by atomic mass is 9.93. The van der Waals surface area contributed by atoms with Gasteiger partial charge in [-0.05, 0) is 67.0 Å². The van der Waals surface area contributed by atoms with Gasteiger partial charge in [-0.15, -0.1) is 0 Å². The van der Waals surface area contributed by atoms with Crippen molar-refractivity contribution >= 4 is 5.97 Å². The van der Waals surface area contributed by atoms with Gasteiger partial charge in [0.25, 0.3) is 0 Å². The van der Waals surface area contributed by atoms with Crippen LogP contribution in [0.5, 0.6) is 11.6 Å². The van der Waals surface area contributed by atoms with Crippen LogP contribution in [0.15, 0.2) is 54.6 Å². The second-order valence-corrected chi connectivity index (χ2v) is 8.86. The minimum atomic E-state index is -0.794. The van der Waals surface area contributed by atoms with E-state index in [0.717, 1.165) is 48.1 Å². The third-order valence-electron chi connectivity index (χ3n) is 6.62. The molecule has 1 fully saturated rings. The number of methoxy groups -OCH3 is 1. The number of carbonyl (C=O) groups is 1. The van der Waals surface area contributed by atoms with Crippen LogP contribution in [-0.4, -0.2) is 23.2 Å². The summed E-state index contributed by atoms with van der Waals surface area (Å²) in [6, 6.07) is 16.4. The number of nitrogens with zero attached hydrogens (tertiary/aromatic N) is 1. The molecule has 2 aromatic carbocycles. The number of aliphatic carboxylic acids is 1. The molecule has 33 heavy (non-hydrogen) atoms. The van der Waals surface area contributed by atoms with Gasteiger partial charge in [-0.3, -0.25) is 4.79 Å². The van der Waals surface area contributed by atoms with E-state index in [-0.39, 0.29) is 24.3 Å². The van der Waals surface area contributed by atoms with Gasteiger partial charge in [-0.2, -0.15) is 0 Å². The molecule has 1 aromatic heterocycles. The summed E-state index contributed by atoms with van der Waals surface area (Å²) in [5.41, 5.74) is 4.13. The van der Waals surface area contributed by atoms with Crippen molar-refractivity contribution in [3.05, 3.63) is 77.2 Å². The number of benzene rings is 2. The van der Waals surface area contributed by atoms with Gasteiger partial charge in [0, 0.05) is 22.7 Å². The molecule has 0 radical (unpaired) electrons. The molecule has 0 spiro atoms. The number of hydrogen-bond acceptors (Lipinski definition) is 4. The Morgan fingerprint density at radius 2 is 1.94 bits per heavy atom. The van der Waals surface area contributed by atoms with Crippen molar-refractivity contribution < 1.29 is 23.8 Å². The highest BCUT2D eigenvalue weighted by Crippen LogP contribution is 2.45. The van der Waals surface area contributed by atoms with E-state index in [9.17, 15) is 14.3 Å². The summed E-state index contributed by atoms with van der Waals surface area (Å²) >= 11 is 0. The van der Waals surface area contributed by atoms with Crippen LogP contribution in [0.2, 0.25) is 0 Å². The summed E-state index contributed by atoms with van der Waals surface area (Å²) in [5.74, 6) is 0.455. The summed E-state index contributed by atoms with van der Waals surface area (Å²) in [5, 5.41) is 9.31. The molecule has 0 amide bonds. The maximum atomic E-state index is 14.3. The normalized spacial score (nSPS) is 18.2. The Kier molecular flexibility index (Phi) is 5.75. The lowest BCUT2D eigenvalue weighted by Gasteiger charge is -2.27. The molecule has 5 rings (SSSR count). The summed E-state index contributed by atoms with van der Waals surface area (Å²) in [6.45, 7) is 0. The molecule has 6 heteroatoms. The first kappa shape index (κ1) is 21.4. The van der Waals surface area contributed by atoms with E-state index in [1.54, 1.807) is 19.2 Å². The predicted molar refractivity (Wildman–Crippen MR) is 122 cm³/mol. The lowest BCUT2D eigenvalue weighted by Crippen LogP contribution is -2.18. The molecule has 0 saturated heterocycles. The zero-order valence-electron chi connectivity index (χ0n) is 18.5. The van der Waals surface area contributed by atoms with Crippen LogP contribution in [0.25, 0.3) is 11.1 Å². The highest BCUT2D eigenvalue weighted by molar-refractivity contribution is 5.68. The highest BCUT2D eigenvalue weighted by atomic mass is 19.1. The van der Waals surface area contributed by atoms with E-state index in [1.165, 1.54) is 6.07 Å². The van der Waals surface area contributed by atoms with Gasteiger partial charge in [0.15, 0.2) is 0 Å². The zero-order valence-corrected chi connectivity index (χ0v) is 18.5. The molecule has 0 bridgehead atoms. The molecule has 5 nitrogen and oxygen atoms in total. The van der Waals surface area contributed by atoms with Crippen molar-refractivity contribution in [2.75, 3.05) is 7.11 Å². The molecule has 1 N–H and O–H groups in total. The fourth-order valence-corrected chi connectivity index (χ4v) is 4.63. The van der Waals surface area contributed by atoms with Gasteiger partial charge < -0.3 is 14.6 Å². The smallest absolute Gasteiger partial charge is 0.304 e. The standard InChI is InChI=1S/C27H26FNO4/c1-32-20-10-11-23(28)21(14-20)16-4-6-18(7-5-16)25-13-9-19-8-12-24(29-27(19)33-25)22(15-26(30)31)17-2-3-17/h4-8,10-12,14,17,22,25H,2-3,9,13,15H2,1H3,(H,30,31). The quantitative estimate of drug-likeness (QED) is 0.486. The number of hydrogen-bond donors (Lipinski definition) is 1. The van der Waals surface area contributed by atoms with Crippen molar-refractivity contribution in [3.63, 3.8) is 0 Å². The summed E-state index contributed by atoms with van der Waals surface area (Å²) in [6.07, 6.45) is 3.72. The minimum absolute atomic E-state index is 0.0613. The molecule has 1 saturated carbocycles. The zero-order chi connectivity index (χ0) is 22.9. The number of carboxylic acids is 1. The van der Waals surface area contributed by atoms with E-state index in [1.807, 2.05) is 36.4 Å². The SMILES string of the molecule is COc1ccc(F)c(-c2ccc(C3CCc4ccc(C(CC(=O)O)C5CC5)nc4O3)cc2)c1. The minimum Gasteiger partial charge on any atom is -0.497 e. The van der Waals surface area contributed by atoms with Crippen molar-refractivity contribution in [1.29, 1.82) is 0 Å². The van der Waals surface area contributed by atoms with E-state index < -0.39 is 5.97 Å². The maximum Gasteiger partial charge on any atom is 0.304 e. The van der Waals surface area contributed by atoms with Gasteiger partial charge in [-0.1, -0.05) is 30.3 Å². The van der Waals surface area contributed by atoms with Gasteiger partial charge in [0.1, 0.15) is 17.7 Å². The summed E-state index contributed by atoms with van der Waals surface area (Å²) < 4.78 is 25.8. The van der Waals surface area contributed by atoms with Crippen LogP contribution in [-0.2, 0) is 11.2 Å². The van der Waals surface area contributed by atoms with Gasteiger partial charge in [-0.25, -0.2) is 9.37 Å². The van der Waals surface area contributed by atoms with Crippen molar-refractivity contribution in [2.24, 2.45) is 5.92 Å². The Hall–Kier alpha value is -3.41. The van der Waals surface area contributed by atoms with Crippen LogP contribution in [0.1, 0.15) is 54.5 Å². The molecule has 2 heterocycles. The van der Waals surface area contributed by atoms with E-state index >= 15 is 0 Å². The molecule has 3 aromatic rings. The van der Waals surface area contributed by atoms with Crippen molar-refractivity contribution in [2.45, 2.75) is 44.1 Å². The first-order valence-corrected chi connectivity index (χ1v) is 11.3. The summed E-state index contributed by atoms with van der Waals surface area (Å²) in [4.78, 5) is 16.1. The Balaban J connectivity index is 1.36. The first-order valence-electron chi connectivity index (χ1n) is 11.3. The topological polar surface area (TPSA) is 68.7 Å². The second-order valence-electron chi connectivity index (χ2n) is 8.86. The second kappa shape index (κ2) is 8.85. The number of aromatic nitrogens is 1. The van der Waals surface area contributed by atoms with Crippen molar-refractivity contribution in [3.8, 4) is 22.8 Å². The van der Waals surface area contributed by atoms with Gasteiger partial charge in [0.2, 0.25) is 5.88 Å². The number of fused-ring (bicyclic) bond motifs is 1. The van der Waals surface area contributed by atoms with Crippen LogP contribution in [0, 0.1) is 11.7 Å². The van der Waals surface area contributed by atoms with Crippen LogP contribution >= 0.6 is 0 Å². The van der Waals surface area contributed by atoms with Gasteiger partial charge >= 0.3 is 5.97 Å². The van der Waals surface area contributed by atoms with E-state index in [2.05, 4.69) is 0 Å². The monoisotopic (exact) mass is 447 g/mol. The van der Waals surface area contributed by atoms with Crippen LogP contribution < -0.4 is 9.47 Å². The molecular weight excluding hydrogens is 421 g/mol. The third-order valence-corrected chi connectivity index (χ3v) is 6.62. The fourth-order valence-electron chi connectivity index (χ4n) is 4.63. The Morgan fingerprint density at radius 1 is 1.15 bits per heavy atom. The maximum absolute atomic E-state index is 14.3. The number of carboxylic acid groups (broad SMARTS) is 1. The number of pyridine rings is 1. The average molecular weight is 448 g/mol. The molecule has 170 valence electrons. The van der Waals surface area contributed by atoms with Crippen LogP contribution in [0.3, 0.4) is 0 Å². The average Bonchev–Trinajstić information content (AvgIpc) is 3.68. The van der Waals surface area contributed by atoms with Gasteiger partial charge in [0.05, 0.1) is 13.5 Å².